The van der Waals surface area contributed by atoms with E-state index in [0.29, 0.717) is 17.7 Å². The van der Waals surface area contributed by atoms with Crippen LogP contribution in [0.2, 0.25) is 0 Å². The number of benzene rings is 1. The minimum absolute atomic E-state index is 0.0378. The third-order valence-electron chi connectivity index (χ3n) is 2.30. The molecule has 0 aliphatic carbocycles. The first kappa shape index (κ1) is 12.5. The molecule has 4 heteroatoms. The summed E-state index contributed by atoms with van der Waals surface area (Å²) in [6.45, 7) is 1.85. The van der Waals surface area contributed by atoms with Gasteiger partial charge in [0, 0.05) is 12.6 Å². The fourth-order valence-electron chi connectivity index (χ4n) is 1.32. The van der Waals surface area contributed by atoms with Gasteiger partial charge >= 0.3 is 0 Å². The number of aliphatic hydroxyl groups is 1. The van der Waals surface area contributed by atoms with Crippen LogP contribution in [0.3, 0.4) is 0 Å². The number of nitrogens with one attached hydrogen (secondary N) is 1. The summed E-state index contributed by atoms with van der Waals surface area (Å²) in [5.41, 5.74) is 0.717. The minimum Gasteiger partial charge on any atom is -0.483 e. The number of carbonyl (C=O) groups is 1. The molecule has 0 heterocycles. The zero-order valence-corrected chi connectivity index (χ0v) is 9.56. The Morgan fingerprint density at radius 3 is 2.81 bits per heavy atom. The molecular formula is C12H17NO3. The summed E-state index contributed by atoms with van der Waals surface area (Å²) in [5, 5.41) is 12.2. The zero-order chi connectivity index (χ0) is 12.0. The second-order valence-corrected chi connectivity index (χ2v) is 3.42. The molecule has 2 N–H and O–H groups in total. The Kier molecular flexibility index (Phi) is 4.79. The summed E-state index contributed by atoms with van der Waals surface area (Å²) in [7, 11) is 1.55. The van der Waals surface area contributed by atoms with Crippen LogP contribution in [-0.2, 0) is 4.79 Å². The van der Waals surface area contributed by atoms with Gasteiger partial charge in [-0.05, 0) is 12.5 Å². The van der Waals surface area contributed by atoms with Crippen molar-refractivity contribution in [2.24, 2.45) is 0 Å². The molecule has 88 valence electrons. The third kappa shape index (κ3) is 3.24. The first-order valence-corrected chi connectivity index (χ1v) is 5.29. The van der Waals surface area contributed by atoms with Crippen molar-refractivity contribution in [2.45, 2.75) is 19.4 Å². The van der Waals surface area contributed by atoms with Crippen LogP contribution < -0.4 is 10.1 Å². The van der Waals surface area contributed by atoms with Gasteiger partial charge in [0.25, 0.3) is 5.91 Å². The van der Waals surface area contributed by atoms with E-state index in [9.17, 15) is 9.90 Å². The SMILES string of the molecule is CCC(O)c1ccccc1OCC(=O)NC. The van der Waals surface area contributed by atoms with Crippen LogP contribution in [0, 0.1) is 0 Å². The average Bonchev–Trinajstić information content (AvgIpc) is 2.35. The van der Waals surface area contributed by atoms with Crippen LogP contribution in [0.4, 0.5) is 0 Å². The molecule has 0 aromatic heterocycles. The number of hydrogen-bond donors (Lipinski definition) is 2. The van der Waals surface area contributed by atoms with Crippen LogP contribution in [0.25, 0.3) is 0 Å². The maximum atomic E-state index is 11.0. The molecule has 1 unspecified atom stereocenters. The van der Waals surface area contributed by atoms with Gasteiger partial charge in [0.05, 0.1) is 6.10 Å². The zero-order valence-electron chi connectivity index (χ0n) is 9.56. The minimum atomic E-state index is -0.555. The van der Waals surface area contributed by atoms with Gasteiger partial charge in [0.1, 0.15) is 5.75 Å². The first-order valence-electron chi connectivity index (χ1n) is 5.29. The van der Waals surface area contributed by atoms with Crippen LogP contribution >= 0.6 is 0 Å². The Balaban J connectivity index is 2.75. The van der Waals surface area contributed by atoms with E-state index in [4.69, 9.17) is 4.74 Å². The number of amides is 1. The van der Waals surface area contributed by atoms with Crippen molar-refractivity contribution < 1.29 is 14.6 Å². The van der Waals surface area contributed by atoms with Crippen molar-refractivity contribution in [1.82, 2.24) is 5.32 Å². The second-order valence-electron chi connectivity index (χ2n) is 3.42. The average molecular weight is 223 g/mol. The number of hydrogen-bond acceptors (Lipinski definition) is 3. The fraction of sp³-hybridized carbons (Fsp3) is 0.417. The summed E-state index contributed by atoms with van der Waals surface area (Å²) in [6.07, 6.45) is 0.0567. The summed E-state index contributed by atoms with van der Waals surface area (Å²) < 4.78 is 5.34. The number of rotatable bonds is 5. The molecule has 0 saturated heterocycles. The van der Waals surface area contributed by atoms with Gasteiger partial charge in [-0.1, -0.05) is 25.1 Å². The molecule has 0 aliphatic heterocycles. The molecule has 0 saturated carbocycles. The second kappa shape index (κ2) is 6.12. The molecule has 16 heavy (non-hydrogen) atoms. The Hall–Kier alpha value is -1.55. The van der Waals surface area contributed by atoms with Crippen molar-refractivity contribution in [2.75, 3.05) is 13.7 Å². The summed E-state index contributed by atoms with van der Waals surface area (Å²) in [6, 6.07) is 7.19. The maximum Gasteiger partial charge on any atom is 0.257 e. The van der Waals surface area contributed by atoms with E-state index >= 15 is 0 Å². The fourth-order valence-corrected chi connectivity index (χ4v) is 1.32. The Bertz CT molecular complexity index is 352. The molecule has 4 nitrogen and oxygen atoms in total. The maximum absolute atomic E-state index is 11.0. The van der Waals surface area contributed by atoms with E-state index in [1.165, 1.54) is 0 Å². The van der Waals surface area contributed by atoms with Gasteiger partial charge in [-0.2, -0.15) is 0 Å². The van der Waals surface area contributed by atoms with E-state index in [-0.39, 0.29) is 12.5 Å². The van der Waals surface area contributed by atoms with Gasteiger partial charge in [0.15, 0.2) is 6.61 Å². The van der Waals surface area contributed by atoms with Crippen LogP contribution in [0.1, 0.15) is 25.0 Å². The number of ether oxygens (including phenoxy) is 1. The number of para-hydroxylation sites is 1. The van der Waals surface area contributed by atoms with E-state index in [0.717, 1.165) is 0 Å². The highest BCUT2D eigenvalue weighted by Crippen LogP contribution is 2.26. The highest BCUT2D eigenvalue weighted by atomic mass is 16.5. The number of likely N-dealkylation sites (N-methyl/N-ethyl adjacent to an activating group) is 1. The van der Waals surface area contributed by atoms with Crippen molar-refractivity contribution in [3.63, 3.8) is 0 Å². The van der Waals surface area contributed by atoms with E-state index < -0.39 is 6.10 Å². The summed E-state index contributed by atoms with van der Waals surface area (Å²) >= 11 is 0. The van der Waals surface area contributed by atoms with Crippen molar-refractivity contribution >= 4 is 5.91 Å². The van der Waals surface area contributed by atoms with Gasteiger partial charge in [-0.25, -0.2) is 0 Å². The van der Waals surface area contributed by atoms with E-state index in [1.807, 2.05) is 19.1 Å². The lowest BCUT2D eigenvalue weighted by Crippen LogP contribution is -2.25. The highest BCUT2D eigenvalue weighted by molar-refractivity contribution is 5.77. The lowest BCUT2D eigenvalue weighted by molar-refractivity contribution is -0.122. The van der Waals surface area contributed by atoms with E-state index in [2.05, 4.69) is 5.32 Å². The lowest BCUT2D eigenvalue weighted by Gasteiger charge is -2.14. The Morgan fingerprint density at radius 1 is 1.50 bits per heavy atom. The molecule has 1 rings (SSSR count). The predicted octanol–water partition coefficient (Wildman–Crippen LogP) is 1.25. The molecule has 1 aromatic rings. The lowest BCUT2D eigenvalue weighted by atomic mass is 10.1. The van der Waals surface area contributed by atoms with E-state index in [1.54, 1.807) is 19.2 Å². The number of aliphatic hydroxyl groups excluding tert-OH is 1. The van der Waals surface area contributed by atoms with Crippen molar-refractivity contribution in [1.29, 1.82) is 0 Å². The van der Waals surface area contributed by atoms with Gasteiger partial charge < -0.3 is 15.2 Å². The molecule has 0 fully saturated rings. The number of carbonyl (C=O) groups excluding carboxylic acids is 1. The predicted molar refractivity (Wildman–Crippen MR) is 61.3 cm³/mol. The third-order valence-corrected chi connectivity index (χ3v) is 2.30. The molecule has 1 aromatic carbocycles. The van der Waals surface area contributed by atoms with Crippen LogP contribution in [-0.4, -0.2) is 24.7 Å². The van der Waals surface area contributed by atoms with Crippen LogP contribution in [0.5, 0.6) is 5.75 Å². The smallest absolute Gasteiger partial charge is 0.257 e. The van der Waals surface area contributed by atoms with Gasteiger partial charge in [0.2, 0.25) is 0 Å². The molecule has 1 amide bonds. The largest absolute Gasteiger partial charge is 0.483 e. The summed E-state index contributed by atoms with van der Waals surface area (Å²) in [4.78, 5) is 11.0. The first-order chi connectivity index (χ1) is 7.69. The molecule has 0 bridgehead atoms. The molecule has 0 radical (unpaired) electrons. The van der Waals surface area contributed by atoms with Crippen molar-refractivity contribution in [3.8, 4) is 5.75 Å². The standard InChI is InChI=1S/C12H17NO3/c1-3-10(14)9-6-4-5-7-11(9)16-8-12(15)13-2/h4-7,10,14H,3,8H2,1-2H3,(H,13,15). The quantitative estimate of drug-likeness (QED) is 0.790. The van der Waals surface area contributed by atoms with Crippen molar-refractivity contribution in [3.05, 3.63) is 29.8 Å². The molecular weight excluding hydrogens is 206 g/mol. The molecule has 0 spiro atoms. The monoisotopic (exact) mass is 223 g/mol. The summed E-state index contributed by atoms with van der Waals surface area (Å²) in [5.74, 6) is 0.362. The normalized spacial score (nSPS) is 11.9. The Labute approximate surface area is 95.2 Å². The van der Waals surface area contributed by atoms with Crippen LogP contribution in [0.15, 0.2) is 24.3 Å². The Morgan fingerprint density at radius 2 is 2.19 bits per heavy atom. The topological polar surface area (TPSA) is 58.6 Å². The van der Waals surface area contributed by atoms with Gasteiger partial charge in [-0.15, -0.1) is 0 Å². The highest BCUT2D eigenvalue weighted by Gasteiger charge is 2.11. The molecule has 1 atom stereocenters. The van der Waals surface area contributed by atoms with Gasteiger partial charge in [-0.3, -0.25) is 4.79 Å². The molecule has 0 aliphatic rings.